The summed E-state index contributed by atoms with van der Waals surface area (Å²) >= 11 is 0. The zero-order valence-corrected chi connectivity index (χ0v) is 11.1. The predicted molar refractivity (Wildman–Crippen MR) is 72.2 cm³/mol. The highest BCUT2D eigenvalue weighted by Gasteiger charge is 2.20. The summed E-state index contributed by atoms with van der Waals surface area (Å²) in [6, 6.07) is 5.06. The van der Waals surface area contributed by atoms with E-state index in [1.54, 1.807) is 12.1 Å². The molecule has 104 valence electrons. The smallest absolute Gasteiger partial charge is 0.282 e. The summed E-state index contributed by atoms with van der Waals surface area (Å²) in [6.07, 6.45) is 0. The Morgan fingerprint density at radius 2 is 2.37 bits per heavy atom. The number of ether oxygens (including phenoxy) is 2. The quantitative estimate of drug-likeness (QED) is 0.875. The zero-order valence-electron chi connectivity index (χ0n) is 11.1. The fourth-order valence-corrected chi connectivity index (χ4v) is 2.05. The van der Waals surface area contributed by atoms with Crippen LogP contribution in [-0.2, 0) is 4.74 Å². The van der Waals surface area contributed by atoms with Crippen molar-refractivity contribution in [3.8, 4) is 5.75 Å². The first-order chi connectivity index (χ1) is 9.13. The average Bonchev–Trinajstić information content (AvgIpc) is 2.82. The molecule has 1 aliphatic heterocycles. The number of benzene rings is 1. The van der Waals surface area contributed by atoms with Crippen LogP contribution < -0.4 is 15.4 Å². The van der Waals surface area contributed by atoms with Crippen LogP contribution in [0.3, 0.4) is 0 Å². The van der Waals surface area contributed by atoms with E-state index in [9.17, 15) is 4.39 Å². The van der Waals surface area contributed by atoms with E-state index >= 15 is 0 Å². The number of anilines is 1. The second-order valence-corrected chi connectivity index (χ2v) is 4.29. The lowest BCUT2D eigenvalue weighted by Gasteiger charge is -2.25. The summed E-state index contributed by atoms with van der Waals surface area (Å²) in [5.41, 5.74) is 6.38. The Morgan fingerprint density at radius 1 is 1.58 bits per heavy atom. The number of nitrogens with two attached hydrogens (primary N) is 1. The summed E-state index contributed by atoms with van der Waals surface area (Å²) in [5, 5.41) is 0. The van der Waals surface area contributed by atoms with E-state index in [4.69, 9.17) is 15.2 Å². The first-order valence-electron chi connectivity index (χ1n) is 6.18. The Kier molecular flexibility index (Phi) is 4.09. The molecule has 6 heteroatoms. The first-order valence-corrected chi connectivity index (χ1v) is 6.18. The molecule has 0 radical (unpaired) electrons. The van der Waals surface area contributed by atoms with Gasteiger partial charge in [0.1, 0.15) is 12.6 Å². The van der Waals surface area contributed by atoms with Crippen LogP contribution in [0, 0.1) is 5.82 Å². The van der Waals surface area contributed by atoms with Crippen molar-refractivity contribution >= 4 is 11.7 Å². The first kappa shape index (κ1) is 13.5. The molecular formula is C13H18FN3O2. The van der Waals surface area contributed by atoms with Gasteiger partial charge in [-0.15, -0.1) is 0 Å². The van der Waals surface area contributed by atoms with Gasteiger partial charge in [-0.3, -0.25) is 0 Å². The number of nitrogens with zero attached hydrogens (tertiary/aromatic N) is 2. The second kappa shape index (κ2) is 5.77. The Labute approximate surface area is 111 Å². The number of hydrogen-bond acceptors (Lipinski definition) is 5. The Bertz CT molecular complexity index is 479. The third kappa shape index (κ3) is 3.07. The number of amidine groups is 1. The van der Waals surface area contributed by atoms with E-state index in [1.165, 1.54) is 13.2 Å². The molecule has 1 atom stereocenters. The third-order valence-corrected chi connectivity index (χ3v) is 3.05. The van der Waals surface area contributed by atoms with Gasteiger partial charge in [0.15, 0.2) is 11.6 Å². The van der Waals surface area contributed by atoms with E-state index in [2.05, 4.69) is 9.89 Å². The lowest BCUT2D eigenvalue weighted by molar-refractivity contribution is 0.313. The fourth-order valence-electron chi connectivity index (χ4n) is 2.05. The van der Waals surface area contributed by atoms with Crippen molar-refractivity contribution in [1.29, 1.82) is 0 Å². The monoisotopic (exact) mass is 267 g/mol. The number of halogens is 1. The van der Waals surface area contributed by atoms with Crippen LogP contribution in [0.1, 0.15) is 6.92 Å². The molecule has 1 aromatic carbocycles. The van der Waals surface area contributed by atoms with Gasteiger partial charge in [-0.2, -0.15) is 0 Å². The lowest BCUT2D eigenvalue weighted by Crippen LogP contribution is -2.32. The molecule has 0 unspecified atom stereocenters. The fraction of sp³-hybridized carbons (Fsp3) is 0.462. The van der Waals surface area contributed by atoms with E-state index < -0.39 is 0 Å². The molecule has 1 aliphatic rings. The van der Waals surface area contributed by atoms with Crippen molar-refractivity contribution in [2.45, 2.75) is 13.0 Å². The molecule has 0 saturated carbocycles. The van der Waals surface area contributed by atoms with Crippen LogP contribution in [0.2, 0.25) is 0 Å². The number of rotatable bonds is 5. The third-order valence-electron chi connectivity index (χ3n) is 3.05. The highest BCUT2D eigenvalue weighted by atomic mass is 19.1. The molecule has 2 rings (SSSR count). The Balaban J connectivity index is 2.13. The standard InChI is InChI=1S/C13H18FN3O2/c1-3-17(7-9-8-19-13(15)16-9)10-4-5-11(14)12(6-10)18-2/h4-6,9H,3,7-8H2,1-2H3,(H2,15,16)/t9-/m1/s1. The van der Waals surface area contributed by atoms with Crippen LogP contribution in [0.5, 0.6) is 5.75 Å². The molecule has 0 spiro atoms. The van der Waals surface area contributed by atoms with Crippen LogP contribution in [0.25, 0.3) is 0 Å². The van der Waals surface area contributed by atoms with Crippen molar-refractivity contribution in [2.24, 2.45) is 10.7 Å². The molecule has 1 aromatic rings. The minimum absolute atomic E-state index is 0.0102. The van der Waals surface area contributed by atoms with E-state index in [0.717, 1.165) is 12.2 Å². The number of methoxy groups -OCH3 is 1. The highest BCUT2D eigenvalue weighted by molar-refractivity contribution is 5.73. The largest absolute Gasteiger partial charge is 0.494 e. The van der Waals surface area contributed by atoms with Crippen molar-refractivity contribution in [3.63, 3.8) is 0 Å². The van der Waals surface area contributed by atoms with E-state index in [-0.39, 0.29) is 23.6 Å². The molecule has 0 bridgehead atoms. The Hall–Kier alpha value is -1.98. The van der Waals surface area contributed by atoms with Crippen molar-refractivity contribution in [2.75, 3.05) is 31.7 Å². The topological polar surface area (TPSA) is 60.1 Å². The van der Waals surface area contributed by atoms with E-state index in [1.807, 2.05) is 6.92 Å². The van der Waals surface area contributed by atoms with Crippen LogP contribution in [0.4, 0.5) is 10.1 Å². The maximum absolute atomic E-state index is 13.4. The SMILES string of the molecule is CCN(C[C@@H]1COC(N)=N1)c1ccc(F)c(OC)c1. The lowest BCUT2D eigenvalue weighted by atomic mass is 10.2. The van der Waals surface area contributed by atoms with Crippen molar-refractivity contribution in [1.82, 2.24) is 0 Å². The molecule has 0 aromatic heterocycles. The van der Waals surface area contributed by atoms with Gasteiger partial charge < -0.3 is 20.1 Å². The van der Waals surface area contributed by atoms with Gasteiger partial charge in [-0.25, -0.2) is 9.38 Å². The normalized spacial score (nSPS) is 17.8. The molecule has 0 fully saturated rings. The van der Waals surface area contributed by atoms with Gasteiger partial charge in [-0.1, -0.05) is 0 Å². The molecule has 19 heavy (non-hydrogen) atoms. The van der Waals surface area contributed by atoms with Crippen LogP contribution in [0.15, 0.2) is 23.2 Å². The molecule has 2 N–H and O–H groups in total. The molecule has 1 heterocycles. The maximum Gasteiger partial charge on any atom is 0.282 e. The minimum Gasteiger partial charge on any atom is -0.494 e. The second-order valence-electron chi connectivity index (χ2n) is 4.29. The summed E-state index contributed by atoms with van der Waals surface area (Å²) in [6.45, 7) is 3.96. The van der Waals surface area contributed by atoms with Gasteiger partial charge in [0.25, 0.3) is 6.02 Å². The summed E-state index contributed by atoms with van der Waals surface area (Å²) < 4.78 is 23.5. The molecular weight excluding hydrogens is 249 g/mol. The minimum atomic E-state index is -0.367. The summed E-state index contributed by atoms with van der Waals surface area (Å²) in [5.74, 6) is -0.129. The van der Waals surface area contributed by atoms with Gasteiger partial charge in [0, 0.05) is 24.8 Å². The number of hydrogen-bond donors (Lipinski definition) is 1. The van der Waals surface area contributed by atoms with Gasteiger partial charge in [-0.05, 0) is 19.1 Å². The zero-order chi connectivity index (χ0) is 13.8. The number of likely N-dealkylation sites (N-methyl/N-ethyl adjacent to an activating group) is 1. The van der Waals surface area contributed by atoms with Gasteiger partial charge >= 0.3 is 0 Å². The molecule has 0 aliphatic carbocycles. The summed E-state index contributed by atoms with van der Waals surface area (Å²) in [4.78, 5) is 6.27. The highest BCUT2D eigenvalue weighted by Crippen LogP contribution is 2.25. The van der Waals surface area contributed by atoms with Gasteiger partial charge in [0.2, 0.25) is 0 Å². The van der Waals surface area contributed by atoms with Crippen molar-refractivity contribution < 1.29 is 13.9 Å². The van der Waals surface area contributed by atoms with E-state index in [0.29, 0.717) is 13.2 Å². The number of aliphatic imine (C=N–C) groups is 1. The maximum atomic E-state index is 13.4. The Morgan fingerprint density at radius 3 is 2.95 bits per heavy atom. The average molecular weight is 267 g/mol. The predicted octanol–water partition coefficient (Wildman–Crippen LogP) is 1.37. The molecule has 0 saturated heterocycles. The van der Waals surface area contributed by atoms with Crippen molar-refractivity contribution in [3.05, 3.63) is 24.0 Å². The molecule has 0 amide bonds. The summed E-state index contributed by atoms with van der Waals surface area (Å²) in [7, 11) is 1.45. The van der Waals surface area contributed by atoms with Crippen LogP contribution >= 0.6 is 0 Å². The van der Waals surface area contributed by atoms with Crippen LogP contribution in [-0.4, -0.2) is 38.9 Å². The molecule has 5 nitrogen and oxygen atoms in total. The van der Waals surface area contributed by atoms with Gasteiger partial charge in [0.05, 0.1) is 7.11 Å².